The largest absolute Gasteiger partial charge is 0.462 e. The number of tetrazole rings is 1. The molecule has 8 nitrogen and oxygen atoms in total. The average Bonchev–Trinajstić information content (AvgIpc) is 3.17. The topological polar surface area (TPSA) is 87.7 Å². The summed E-state index contributed by atoms with van der Waals surface area (Å²) in [5, 5.41) is 15.6. The first-order valence-electron chi connectivity index (χ1n) is 6.35. The Morgan fingerprint density at radius 1 is 1.29 bits per heavy atom. The molecule has 8 heteroatoms. The molecule has 0 atom stereocenters. The van der Waals surface area contributed by atoms with Crippen LogP contribution in [0.4, 0.5) is 0 Å². The van der Waals surface area contributed by atoms with Crippen molar-refractivity contribution in [2.75, 3.05) is 6.61 Å². The fourth-order valence-electron chi connectivity index (χ4n) is 1.81. The molecule has 2 heterocycles. The van der Waals surface area contributed by atoms with Crippen molar-refractivity contribution < 1.29 is 9.53 Å². The first kappa shape index (κ1) is 13.0. The highest BCUT2D eigenvalue weighted by Crippen LogP contribution is 2.11. The predicted molar refractivity (Wildman–Crippen MR) is 72.2 cm³/mol. The third-order valence-corrected chi connectivity index (χ3v) is 2.75. The molecule has 0 amide bonds. The van der Waals surface area contributed by atoms with E-state index in [-0.39, 0.29) is 0 Å². The van der Waals surface area contributed by atoms with E-state index in [1.165, 1.54) is 21.8 Å². The number of rotatable bonds is 4. The summed E-state index contributed by atoms with van der Waals surface area (Å²) in [4.78, 5) is 11.6. The minimum atomic E-state index is -0.428. The molecular weight excluding hydrogens is 272 g/mol. The lowest BCUT2D eigenvalue weighted by molar-refractivity contribution is 0.0526. The number of carbonyl (C=O) groups is 1. The highest BCUT2D eigenvalue weighted by Gasteiger charge is 2.15. The lowest BCUT2D eigenvalue weighted by Gasteiger charge is -2.03. The first-order valence-corrected chi connectivity index (χ1v) is 6.35. The maximum Gasteiger partial charge on any atom is 0.341 e. The molecular formula is C13H12N6O2. The Labute approximate surface area is 120 Å². The zero-order valence-electron chi connectivity index (χ0n) is 11.2. The van der Waals surface area contributed by atoms with E-state index >= 15 is 0 Å². The summed E-state index contributed by atoms with van der Waals surface area (Å²) in [5.74, 6) is -0.0424. The molecule has 0 bridgehead atoms. The van der Waals surface area contributed by atoms with Crippen LogP contribution < -0.4 is 0 Å². The highest BCUT2D eigenvalue weighted by atomic mass is 16.5. The van der Waals surface area contributed by atoms with Crippen LogP contribution in [0.2, 0.25) is 0 Å². The van der Waals surface area contributed by atoms with Gasteiger partial charge in [-0.3, -0.25) is 0 Å². The number of esters is 1. The molecule has 1 aromatic carbocycles. The number of carbonyl (C=O) groups excluding carboxylic acids is 1. The fraction of sp³-hybridized carbons (Fsp3) is 0.154. The van der Waals surface area contributed by atoms with E-state index in [4.69, 9.17) is 4.74 Å². The minimum absolute atomic E-state index is 0.311. The van der Waals surface area contributed by atoms with Gasteiger partial charge in [0.25, 0.3) is 5.95 Å². The summed E-state index contributed by atoms with van der Waals surface area (Å²) in [7, 11) is 0. The summed E-state index contributed by atoms with van der Waals surface area (Å²) in [5.41, 5.74) is 1.14. The minimum Gasteiger partial charge on any atom is -0.462 e. The van der Waals surface area contributed by atoms with Gasteiger partial charge in [0, 0.05) is 6.20 Å². The predicted octanol–water partition coefficient (Wildman–Crippen LogP) is 1.02. The fourth-order valence-corrected chi connectivity index (χ4v) is 1.81. The van der Waals surface area contributed by atoms with Crippen LogP contribution in [0.1, 0.15) is 17.3 Å². The smallest absolute Gasteiger partial charge is 0.341 e. The van der Waals surface area contributed by atoms with E-state index in [1.54, 1.807) is 6.92 Å². The van der Waals surface area contributed by atoms with Gasteiger partial charge >= 0.3 is 5.97 Å². The number of hydrogen-bond donors (Lipinski definition) is 0. The van der Waals surface area contributed by atoms with Crippen molar-refractivity contribution in [2.45, 2.75) is 6.92 Å². The maximum atomic E-state index is 11.6. The van der Waals surface area contributed by atoms with Gasteiger partial charge in [-0.25, -0.2) is 9.48 Å². The Hall–Kier alpha value is -3.03. The van der Waals surface area contributed by atoms with Crippen molar-refractivity contribution in [2.24, 2.45) is 0 Å². The van der Waals surface area contributed by atoms with Crippen LogP contribution in [0.3, 0.4) is 0 Å². The molecule has 3 rings (SSSR count). The van der Waals surface area contributed by atoms with Gasteiger partial charge in [0.15, 0.2) is 0 Å². The van der Waals surface area contributed by atoms with Crippen LogP contribution in [0, 0.1) is 0 Å². The molecule has 0 radical (unpaired) electrons. The second-order valence-corrected chi connectivity index (χ2v) is 4.12. The van der Waals surface area contributed by atoms with E-state index in [1.807, 2.05) is 30.3 Å². The molecule has 0 spiro atoms. The SMILES string of the molecule is CCOC(=O)c1cnn(-c2nnnn2-c2ccccc2)c1. The van der Waals surface area contributed by atoms with Crippen LogP contribution in [-0.4, -0.2) is 42.6 Å². The number of benzene rings is 1. The van der Waals surface area contributed by atoms with Gasteiger partial charge in [-0.2, -0.15) is 9.78 Å². The molecule has 0 unspecified atom stereocenters. The zero-order valence-corrected chi connectivity index (χ0v) is 11.2. The van der Waals surface area contributed by atoms with Gasteiger partial charge in [-0.1, -0.05) is 23.3 Å². The molecule has 0 aliphatic rings. The van der Waals surface area contributed by atoms with Crippen LogP contribution in [0.5, 0.6) is 0 Å². The summed E-state index contributed by atoms with van der Waals surface area (Å²) in [6.45, 7) is 2.06. The average molecular weight is 284 g/mol. The van der Waals surface area contributed by atoms with Crippen molar-refractivity contribution in [1.82, 2.24) is 30.0 Å². The molecule has 0 saturated carbocycles. The Bertz CT molecular complexity index is 749. The molecule has 3 aromatic rings. The summed E-state index contributed by atoms with van der Waals surface area (Å²) < 4.78 is 7.88. The van der Waals surface area contributed by atoms with Crippen molar-refractivity contribution in [3.05, 3.63) is 48.3 Å². The van der Waals surface area contributed by atoms with E-state index in [9.17, 15) is 4.79 Å². The molecule has 0 fully saturated rings. The Morgan fingerprint density at radius 2 is 2.10 bits per heavy atom. The quantitative estimate of drug-likeness (QED) is 0.665. The van der Waals surface area contributed by atoms with Gasteiger partial charge in [0.2, 0.25) is 0 Å². The van der Waals surface area contributed by atoms with Crippen LogP contribution in [0.15, 0.2) is 42.7 Å². The Morgan fingerprint density at radius 3 is 2.86 bits per heavy atom. The van der Waals surface area contributed by atoms with Gasteiger partial charge in [0.05, 0.1) is 24.1 Å². The highest BCUT2D eigenvalue weighted by molar-refractivity contribution is 5.88. The number of aromatic nitrogens is 6. The van der Waals surface area contributed by atoms with E-state index < -0.39 is 5.97 Å². The second kappa shape index (κ2) is 5.53. The number of para-hydroxylation sites is 1. The van der Waals surface area contributed by atoms with E-state index in [2.05, 4.69) is 20.6 Å². The summed E-state index contributed by atoms with van der Waals surface area (Å²) >= 11 is 0. The molecule has 2 aromatic heterocycles. The van der Waals surface area contributed by atoms with E-state index in [0.29, 0.717) is 18.1 Å². The van der Waals surface area contributed by atoms with Crippen LogP contribution >= 0.6 is 0 Å². The summed E-state index contributed by atoms with van der Waals surface area (Å²) in [6.07, 6.45) is 2.95. The lowest BCUT2D eigenvalue weighted by Crippen LogP contribution is -2.07. The molecule has 21 heavy (non-hydrogen) atoms. The normalized spacial score (nSPS) is 10.5. The lowest BCUT2D eigenvalue weighted by atomic mass is 10.3. The number of ether oxygens (including phenoxy) is 1. The Balaban J connectivity index is 1.96. The van der Waals surface area contributed by atoms with Crippen molar-refractivity contribution in [3.63, 3.8) is 0 Å². The molecule has 106 valence electrons. The van der Waals surface area contributed by atoms with Crippen LogP contribution in [-0.2, 0) is 4.74 Å². The van der Waals surface area contributed by atoms with Gasteiger partial charge in [-0.05, 0) is 29.5 Å². The van der Waals surface area contributed by atoms with Crippen molar-refractivity contribution in [3.8, 4) is 11.6 Å². The summed E-state index contributed by atoms with van der Waals surface area (Å²) in [6, 6.07) is 9.41. The van der Waals surface area contributed by atoms with Gasteiger partial charge in [-0.15, -0.1) is 0 Å². The monoisotopic (exact) mass is 284 g/mol. The van der Waals surface area contributed by atoms with Crippen molar-refractivity contribution in [1.29, 1.82) is 0 Å². The third-order valence-electron chi connectivity index (χ3n) is 2.75. The van der Waals surface area contributed by atoms with Crippen molar-refractivity contribution >= 4 is 5.97 Å². The molecule has 0 aliphatic heterocycles. The number of nitrogens with zero attached hydrogens (tertiary/aromatic N) is 6. The van der Waals surface area contributed by atoms with Gasteiger partial charge in [0.1, 0.15) is 0 Å². The van der Waals surface area contributed by atoms with E-state index in [0.717, 1.165) is 5.69 Å². The number of hydrogen-bond acceptors (Lipinski definition) is 6. The van der Waals surface area contributed by atoms with Gasteiger partial charge < -0.3 is 4.74 Å². The zero-order chi connectivity index (χ0) is 14.7. The standard InChI is InChI=1S/C13H12N6O2/c1-2-21-12(20)10-8-14-18(9-10)13-15-16-17-19(13)11-6-4-3-5-7-11/h3-9H,2H2,1H3. The van der Waals surface area contributed by atoms with Crippen LogP contribution in [0.25, 0.3) is 11.6 Å². The third kappa shape index (κ3) is 2.50. The molecule has 0 saturated heterocycles. The Kier molecular flexibility index (Phi) is 3.42. The molecule has 0 aliphatic carbocycles. The first-order chi connectivity index (χ1) is 10.3. The maximum absolute atomic E-state index is 11.6. The second-order valence-electron chi connectivity index (χ2n) is 4.12. The molecule has 0 N–H and O–H groups in total.